The lowest BCUT2D eigenvalue weighted by Gasteiger charge is -2.21. The van der Waals surface area contributed by atoms with Crippen molar-refractivity contribution in [1.82, 2.24) is 9.66 Å². The van der Waals surface area contributed by atoms with E-state index in [4.69, 9.17) is 26.1 Å². The second kappa shape index (κ2) is 11.5. The molecule has 4 aromatic rings. The quantitative estimate of drug-likeness (QED) is 0.148. The van der Waals surface area contributed by atoms with Crippen molar-refractivity contribution in [3.05, 3.63) is 95.0 Å². The van der Waals surface area contributed by atoms with Crippen LogP contribution in [-0.2, 0) is 12.0 Å². The van der Waals surface area contributed by atoms with Gasteiger partial charge in [-0.2, -0.15) is 9.78 Å². The fraction of sp³-hybridized carbons (Fsp3) is 0.250. The van der Waals surface area contributed by atoms with Crippen molar-refractivity contribution in [3.63, 3.8) is 0 Å². The first-order valence-electron chi connectivity index (χ1n) is 11.7. The normalized spacial score (nSPS) is 11.9. The molecular formula is C28H26BrClIN3O3. The van der Waals surface area contributed by atoms with Gasteiger partial charge in [-0.1, -0.05) is 66.5 Å². The fourth-order valence-electron chi connectivity index (χ4n) is 3.70. The molecule has 192 valence electrons. The molecule has 0 N–H and O–H groups in total. The smallest absolute Gasteiger partial charge is 0.282 e. The largest absolute Gasteiger partial charge is 0.490 e. The standard InChI is InChI=1S/C28H26BrClIN3O3/c1-5-36-24-13-17(12-22(31)25(24)37-16-18-8-6-7-9-21(18)30)15-32-34-26(35)20-14-19(29)10-11-23(20)33-27(34)28(2,3)4/h6-15H,5,16H2,1-4H3. The molecule has 0 saturated carbocycles. The van der Waals surface area contributed by atoms with Crippen LogP contribution in [0.5, 0.6) is 11.5 Å². The predicted octanol–water partition coefficient (Wildman–Crippen LogP) is 7.57. The van der Waals surface area contributed by atoms with E-state index in [9.17, 15) is 4.79 Å². The Morgan fingerprint density at radius 3 is 2.59 bits per heavy atom. The highest BCUT2D eigenvalue weighted by Crippen LogP contribution is 2.35. The molecule has 0 bridgehead atoms. The van der Waals surface area contributed by atoms with Crippen LogP contribution in [0.2, 0.25) is 5.02 Å². The Bertz CT molecular complexity index is 1550. The number of aromatic nitrogens is 2. The first kappa shape index (κ1) is 27.6. The van der Waals surface area contributed by atoms with Crippen LogP contribution in [0, 0.1) is 3.57 Å². The third-order valence-corrected chi connectivity index (χ3v) is 7.13. The molecule has 0 spiro atoms. The molecule has 37 heavy (non-hydrogen) atoms. The van der Waals surface area contributed by atoms with Gasteiger partial charge in [0.2, 0.25) is 0 Å². The van der Waals surface area contributed by atoms with Crippen molar-refractivity contribution in [2.45, 2.75) is 39.7 Å². The second-order valence-electron chi connectivity index (χ2n) is 9.35. The van der Waals surface area contributed by atoms with Crippen LogP contribution in [0.4, 0.5) is 0 Å². The lowest BCUT2D eigenvalue weighted by molar-refractivity contribution is 0.267. The van der Waals surface area contributed by atoms with Gasteiger partial charge in [0.1, 0.15) is 12.4 Å². The third kappa shape index (κ3) is 6.35. The summed E-state index contributed by atoms with van der Waals surface area (Å²) in [6.07, 6.45) is 1.64. The van der Waals surface area contributed by atoms with Gasteiger partial charge in [0.05, 0.1) is 27.3 Å². The molecule has 0 fully saturated rings. The van der Waals surface area contributed by atoms with Crippen LogP contribution < -0.4 is 15.0 Å². The Morgan fingerprint density at radius 1 is 1.14 bits per heavy atom. The Hall–Kier alpha value is -2.43. The van der Waals surface area contributed by atoms with Crippen LogP contribution in [0.15, 0.2) is 69.0 Å². The van der Waals surface area contributed by atoms with Crippen LogP contribution in [-0.4, -0.2) is 22.5 Å². The van der Waals surface area contributed by atoms with Crippen molar-refractivity contribution >= 4 is 67.2 Å². The molecule has 0 radical (unpaired) electrons. The number of fused-ring (bicyclic) bond motifs is 1. The number of benzene rings is 3. The summed E-state index contributed by atoms with van der Waals surface area (Å²) in [6.45, 7) is 8.72. The van der Waals surface area contributed by atoms with Crippen molar-refractivity contribution in [1.29, 1.82) is 0 Å². The van der Waals surface area contributed by atoms with Gasteiger partial charge in [0, 0.05) is 20.5 Å². The SMILES string of the molecule is CCOc1cc(C=Nn2c(C(C)(C)C)nc3ccc(Br)cc3c2=O)cc(I)c1OCc1ccccc1Cl. The van der Waals surface area contributed by atoms with Crippen molar-refractivity contribution in [2.75, 3.05) is 6.61 Å². The summed E-state index contributed by atoms with van der Waals surface area (Å²) in [5.41, 5.74) is 1.65. The Balaban J connectivity index is 1.74. The molecule has 0 saturated heterocycles. The number of nitrogens with zero attached hydrogens (tertiary/aromatic N) is 3. The van der Waals surface area contributed by atoms with E-state index in [1.165, 1.54) is 4.68 Å². The van der Waals surface area contributed by atoms with E-state index in [1.807, 2.05) is 76.2 Å². The van der Waals surface area contributed by atoms with E-state index in [-0.39, 0.29) is 5.56 Å². The molecule has 0 amide bonds. The molecule has 3 aromatic carbocycles. The first-order valence-corrected chi connectivity index (χ1v) is 13.9. The van der Waals surface area contributed by atoms with Gasteiger partial charge in [-0.05, 0) is 71.5 Å². The molecule has 4 rings (SSSR count). The van der Waals surface area contributed by atoms with Gasteiger partial charge < -0.3 is 9.47 Å². The number of ether oxygens (including phenoxy) is 2. The van der Waals surface area contributed by atoms with E-state index in [0.29, 0.717) is 46.5 Å². The molecule has 9 heteroatoms. The average Bonchev–Trinajstić information content (AvgIpc) is 2.83. The van der Waals surface area contributed by atoms with Crippen molar-refractivity contribution in [3.8, 4) is 11.5 Å². The van der Waals surface area contributed by atoms with Crippen molar-refractivity contribution < 1.29 is 9.47 Å². The monoisotopic (exact) mass is 693 g/mol. The summed E-state index contributed by atoms with van der Waals surface area (Å²) in [5.74, 6) is 1.79. The molecule has 0 unspecified atom stereocenters. The van der Waals surface area contributed by atoms with Crippen molar-refractivity contribution in [2.24, 2.45) is 5.10 Å². The van der Waals surface area contributed by atoms with Gasteiger partial charge in [-0.3, -0.25) is 4.79 Å². The molecule has 1 aromatic heterocycles. The number of halogens is 3. The summed E-state index contributed by atoms with van der Waals surface area (Å²) in [5, 5.41) is 5.73. The second-order valence-corrected chi connectivity index (χ2v) is 11.8. The van der Waals surface area contributed by atoms with Crippen LogP contribution in [0.25, 0.3) is 10.9 Å². The van der Waals surface area contributed by atoms with E-state index in [0.717, 1.165) is 19.2 Å². The Labute approximate surface area is 242 Å². The lowest BCUT2D eigenvalue weighted by Crippen LogP contribution is -2.29. The zero-order valence-electron chi connectivity index (χ0n) is 20.9. The number of hydrogen-bond acceptors (Lipinski definition) is 5. The minimum atomic E-state index is -0.404. The van der Waals surface area contributed by atoms with E-state index < -0.39 is 5.41 Å². The maximum absolute atomic E-state index is 13.4. The molecule has 0 aliphatic rings. The Morgan fingerprint density at radius 2 is 1.89 bits per heavy atom. The van der Waals surface area contributed by atoms with E-state index in [2.05, 4.69) is 43.6 Å². The van der Waals surface area contributed by atoms with E-state index >= 15 is 0 Å². The maximum Gasteiger partial charge on any atom is 0.282 e. The highest BCUT2D eigenvalue weighted by Gasteiger charge is 2.23. The van der Waals surface area contributed by atoms with Gasteiger partial charge in [-0.25, -0.2) is 4.98 Å². The highest BCUT2D eigenvalue weighted by atomic mass is 127. The molecule has 0 atom stereocenters. The fourth-order valence-corrected chi connectivity index (χ4v) is 5.03. The van der Waals surface area contributed by atoms with Gasteiger partial charge in [-0.15, -0.1) is 0 Å². The summed E-state index contributed by atoms with van der Waals surface area (Å²) in [4.78, 5) is 18.2. The topological polar surface area (TPSA) is 65.7 Å². The highest BCUT2D eigenvalue weighted by molar-refractivity contribution is 14.1. The summed E-state index contributed by atoms with van der Waals surface area (Å²) < 4.78 is 15.0. The number of hydrogen-bond donors (Lipinski definition) is 0. The average molecular weight is 695 g/mol. The van der Waals surface area contributed by atoms with Gasteiger partial charge in [0.15, 0.2) is 11.5 Å². The van der Waals surface area contributed by atoms with E-state index in [1.54, 1.807) is 12.3 Å². The Kier molecular flexibility index (Phi) is 8.60. The molecule has 1 heterocycles. The molecular weight excluding hydrogens is 669 g/mol. The van der Waals surface area contributed by atoms with Gasteiger partial charge in [0.25, 0.3) is 5.56 Å². The first-order chi connectivity index (χ1) is 17.6. The minimum absolute atomic E-state index is 0.230. The lowest BCUT2D eigenvalue weighted by atomic mass is 9.95. The summed E-state index contributed by atoms with van der Waals surface area (Å²) in [6, 6.07) is 16.8. The third-order valence-electron chi connectivity index (χ3n) is 5.46. The maximum atomic E-state index is 13.4. The van der Waals surface area contributed by atoms with Gasteiger partial charge >= 0.3 is 0 Å². The minimum Gasteiger partial charge on any atom is -0.490 e. The molecule has 0 aliphatic carbocycles. The zero-order chi connectivity index (χ0) is 26.7. The summed E-state index contributed by atoms with van der Waals surface area (Å²) in [7, 11) is 0. The molecule has 6 nitrogen and oxygen atoms in total. The predicted molar refractivity (Wildman–Crippen MR) is 162 cm³/mol. The summed E-state index contributed by atoms with van der Waals surface area (Å²) >= 11 is 12.0. The zero-order valence-corrected chi connectivity index (χ0v) is 25.4. The van der Waals surface area contributed by atoms with Crippen LogP contribution in [0.1, 0.15) is 44.6 Å². The van der Waals surface area contributed by atoms with Crippen LogP contribution in [0.3, 0.4) is 0 Å². The van der Waals surface area contributed by atoms with Crippen LogP contribution >= 0.6 is 50.1 Å². The number of rotatable bonds is 7. The molecule has 0 aliphatic heterocycles.